The number of carbonyl (C=O) groups excluding carboxylic acids is 1. The molecule has 0 heterocycles. The Morgan fingerprint density at radius 1 is 0.530 bits per heavy atom. The van der Waals surface area contributed by atoms with Gasteiger partial charge in [-0.2, -0.15) is 0 Å². The molecule has 388 valence electrons. The minimum atomic E-state index is -5.15. The molecule has 1 amide bonds. The summed E-state index contributed by atoms with van der Waals surface area (Å²) in [5, 5.41) is 74.6. The number of phosphoric ester groups is 1. The molecule has 0 bridgehead atoms. The fraction of sp³-hybridized carbons (Fsp3) is 0.865. The smallest absolute Gasteiger partial charge is 0.393 e. The lowest BCUT2D eigenvalue weighted by Gasteiger charge is -2.41. The van der Waals surface area contributed by atoms with Gasteiger partial charge in [0.1, 0.15) is 36.6 Å². The number of unbranched alkanes of at least 4 members (excludes halogenated alkanes) is 27. The lowest BCUT2D eigenvalue weighted by molar-refractivity contribution is -0.220. The van der Waals surface area contributed by atoms with Gasteiger partial charge >= 0.3 is 7.82 Å². The standard InChI is InChI=1S/C52H98NO12P/c1-3-5-7-9-11-13-15-17-19-20-21-22-23-24-26-27-29-31-33-35-37-39-43(54)41-46(56)53-44(42-64-66(62,63)65-52-50(60)48(58)47(57)49(59)51(52)61)45(55)40-38-36-34-32-30-28-25-18-16-14-12-10-8-6-4-2/h24,26,30,32,38,40,43-45,47-52,54-55,57-61H,3-23,25,27-29,31,33-37,39,41-42H2,1-2H3,(H,53,56)(H,62,63)/b26-24-,32-30+,40-38+. The number of hydrogen-bond acceptors (Lipinski definition) is 11. The van der Waals surface area contributed by atoms with E-state index in [1.807, 2.05) is 0 Å². The van der Waals surface area contributed by atoms with Crippen molar-refractivity contribution in [1.82, 2.24) is 5.32 Å². The quantitative estimate of drug-likeness (QED) is 0.0158. The van der Waals surface area contributed by atoms with Crippen molar-refractivity contribution in [3.05, 3.63) is 36.5 Å². The maximum atomic E-state index is 13.0. The highest BCUT2D eigenvalue weighted by atomic mass is 31.2. The number of nitrogens with one attached hydrogen (secondary N) is 1. The Balaban J connectivity index is 2.47. The molecule has 8 unspecified atom stereocenters. The first-order valence-electron chi connectivity index (χ1n) is 26.5. The van der Waals surface area contributed by atoms with Crippen molar-refractivity contribution in [2.24, 2.45) is 0 Å². The first-order chi connectivity index (χ1) is 31.8. The van der Waals surface area contributed by atoms with E-state index in [9.17, 15) is 50.0 Å². The predicted molar refractivity (Wildman–Crippen MR) is 266 cm³/mol. The molecule has 0 aromatic carbocycles. The van der Waals surface area contributed by atoms with Crippen LogP contribution in [0.3, 0.4) is 0 Å². The second-order valence-electron chi connectivity index (χ2n) is 18.9. The SMILES string of the molecule is CCCCCCCCCCC/C=C/CC/C=C/C(O)C(COP(=O)(O)OC1C(O)C(O)C(O)C(O)C1O)NC(=O)CC(O)CCCCCCC/C=C\CCCCCCCCCCCCCC. The van der Waals surface area contributed by atoms with E-state index in [2.05, 4.69) is 43.5 Å². The van der Waals surface area contributed by atoms with Crippen LogP contribution in [0.1, 0.15) is 226 Å². The Morgan fingerprint density at radius 3 is 1.33 bits per heavy atom. The zero-order valence-electron chi connectivity index (χ0n) is 41.4. The highest BCUT2D eigenvalue weighted by Gasteiger charge is 2.51. The van der Waals surface area contributed by atoms with Crippen LogP contribution < -0.4 is 5.32 Å². The van der Waals surface area contributed by atoms with E-state index in [0.717, 1.165) is 64.2 Å². The minimum Gasteiger partial charge on any atom is -0.393 e. The van der Waals surface area contributed by atoms with E-state index >= 15 is 0 Å². The van der Waals surface area contributed by atoms with Gasteiger partial charge in [-0.25, -0.2) is 4.57 Å². The molecule has 1 aliphatic rings. The summed E-state index contributed by atoms with van der Waals surface area (Å²) in [7, 11) is -5.15. The summed E-state index contributed by atoms with van der Waals surface area (Å²) in [6.45, 7) is 3.74. The van der Waals surface area contributed by atoms with Crippen LogP contribution in [0, 0.1) is 0 Å². The summed E-state index contributed by atoms with van der Waals surface area (Å²) in [6, 6.07) is -1.26. The molecular formula is C52H98NO12P. The number of allylic oxidation sites excluding steroid dienone is 5. The van der Waals surface area contributed by atoms with Crippen LogP contribution in [0.15, 0.2) is 36.5 Å². The lowest BCUT2D eigenvalue weighted by Crippen LogP contribution is -2.64. The molecule has 1 saturated carbocycles. The van der Waals surface area contributed by atoms with Gasteiger partial charge < -0.3 is 46.0 Å². The Labute approximate surface area is 400 Å². The zero-order chi connectivity index (χ0) is 48.7. The Bertz CT molecular complexity index is 1270. The predicted octanol–water partition coefficient (Wildman–Crippen LogP) is 10.1. The molecule has 1 fully saturated rings. The lowest BCUT2D eigenvalue weighted by atomic mass is 9.85. The van der Waals surface area contributed by atoms with Crippen LogP contribution in [0.5, 0.6) is 0 Å². The third-order valence-electron chi connectivity index (χ3n) is 12.7. The summed E-state index contributed by atoms with van der Waals surface area (Å²) in [6.07, 6.45) is 35.2. The Morgan fingerprint density at radius 2 is 0.894 bits per heavy atom. The van der Waals surface area contributed by atoms with Crippen molar-refractivity contribution in [3.63, 3.8) is 0 Å². The summed E-state index contributed by atoms with van der Waals surface area (Å²) in [4.78, 5) is 23.5. The van der Waals surface area contributed by atoms with Gasteiger partial charge in [0.25, 0.3) is 0 Å². The number of amides is 1. The van der Waals surface area contributed by atoms with Crippen LogP contribution in [-0.2, 0) is 18.4 Å². The van der Waals surface area contributed by atoms with Gasteiger partial charge in [-0.05, 0) is 57.8 Å². The van der Waals surface area contributed by atoms with E-state index < -0.39 is 75.2 Å². The van der Waals surface area contributed by atoms with E-state index in [4.69, 9.17) is 9.05 Å². The fourth-order valence-electron chi connectivity index (χ4n) is 8.37. The first kappa shape index (κ1) is 62.5. The average molecular weight is 960 g/mol. The monoisotopic (exact) mass is 960 g/mol. The average Bonchev–Trinajstić information content (AvgIpc) is 3.29. The second-order valence-corrected chi connectivity index (χ2v) is 20.3. The zero-order valence-corrected chi connectivity index (χ0v) is 42.3. The van der Waals surface area contributed by atoms with Crippen molar-refractivity contribution < 1.29 is 59.0 Å². The van der Waals surface area contributed by atoms with Gasteiger partial charge in [-0.1, -0.05) is 198 Å². The highest BCUT2D eigenvalue weighted by molar-refractivity contribution is 7.47. The van der Waals surface area contributed by atoms with Gasteiger partial charge in [0, 0.05) is 0 Å². The summed E-state index contributed by atoms with van der Waals surface area (Å²) in [5.41, 5.74) is 0. The van der Waals surface area contributed by atoms with Crippen LogP contribution in [0.25, 0.3) is 0 Å². The van der Waals surface area contributed by atoms with Gasteiger partial charge in [0.05, 0.1) is 31.3 Å². The van der Waals surface area contributed by atoms with E-state index in [1.165, 1.54) is 134 Å². The van der Waals surface area contributed by atoms with Gasteiger partial charge in [-0.15, -0.1) is 0 Å². The third kappa shape index (κ3) is 32.4. The van der Waals surface area contributed by atoms with Crippen molar-refractivity contribution >= 4 is 13.7 Å². The molecule has 8 atom stereocenters. The van der Waals surface area contributed by atoms with Crippen molar-refractivity contribution in [2.75, 3.05) is 6.61 Å². The maximum Gasteiger partial charge on any atom is 0.472 e. The van der Waals surface area contributed by atoms with Crippen LogP contribution >= 0.6 is 7.82 Å². The molecule has 0 radical (unpaired) electrons. The Hall–Kier alpha value is -1.48. The molecule has 0 saturated heterocycles. The number of rotatable bonds is 44. The van der Waals surface area contributed by atoms with Crippen molar-refractivity contribution in [2.45, 2.75) is 281 Å². The van der Waals surface area contributed by atoms with E-state index in [0.29, 0.717) is 12.8 Å². The molecule has 14 heteroatoms. The fourth-order valence-corrected chi connectivity index (χ4v) is 9.34. The molecule has 13 nitrogen and oxygen atoms in total. The molecule has 0 aliphatic heterocycles. The summed E-state index contributed by atoms with van der Waals surface area (Å²) >= 11 is 0. The van der Waals surface area contributed by atoms with Crippen LogP contribution in [0.2, 0.25) is 0 Å². The minimum absolute atomic E-state index is 0.257. The second kappa shape index (κ2) is 41.3. The van der Waals surface area contributed by atoms with Gasteiger partial charge in [0.2, 0.25) is 5.91 Å². The topological polar surface area (TPSA) is 226 Å². The molecule has 9 N–H and O–H groups in total. The molecule has 0 aromatic rings. The molecule has 1 rings (SSSR count). The van der Waals surface area contributed by atoms with Crippen molar-refractivity contribution in [1.29, 1.82) is 0 Å². The maximum absolute atomic E-state index is 13.0. The Kier molecular flexibility index (Phi) is 39.1. The van der Waals surface area contributed by atoms with E-state index in [1.54, 1.807) is 6.08 Å². The largest absolute Gasteiger partial charge is 0.472 e. The van der Waals surface area contributed by atoms with Gasteiger partial charge in [0.15, 0.2) is 0 Å². The number of phosphoric acid groups is 1. The number of aliphatic hydroxyl groups is 7. The summed E-state index contributed by atoms with van der Waals surface area (Å²) < 4.78 is 22.9. The van der Waals surface area contributed by atoms with Crippen molar-refractivity contribution in [3.8, 4) is 0 Å². The van der Waals surface area contributed by atoms with Gasteiger partial charge in [-0.3, -0.25) is 13.8 Å². The normalized spacial score (nSPS) is 22.6. The number of aliphatic hydroxyl groups excluding tert-OH is 7. The third-order valence-corrected chi connectivity index (χ3v) is 13.7. The first-order valence-corrected chi connectivity index (χ1v) is 28.0. The number of hydrogen-bond donors (Lipinski definition) is 9. The molecular weight excluding hydrogens is 862 g/mol. The highest BCUT2D eigenvalue weighted by Crippen LogP contribution is 2.47. The molecule has 66 heavy (non-hydrogen) atoms. The summed E-state index contributed by atoms with van der Waals surface area (Å²) in [5.74, 6) is -0.606. The number of carbonyl (C=O) groups is 1. The van der Waals surface area contributed by atoms with Crippen LogP contribution in [-0.4, -0.2) is 108 Å². The van der Waals surface area contributed by atoms with E-state index in [-0.39, 0.29) is 6.42 Å². The molecule has 1 aliphatic carbocycles. The molecule has 0 aromatic heterocycles. The van der Waals surface area contributed by atoms with Crippen LogP contribution in [0.4, 0.5) is 0 Å². The molecule has 0 spiro atoms.